The number of rotatable bonds is 0. The molecule has 0 atom stereocenters. The minimum atomic E-state index is 0.193. The molecule has 0 fully saturated rings. The molecule has 0 aliphatic heterocycles. The van der Waals surface area contributed by atoms with Crippen LogP contribution in [0.4, 0.5) is 0 Å². The molecule has 0 saturated carbocycles. The van der Waals surface area contributed by atoms with Crippen molar-refractivity contribution in [3.05, 3.63) is 29.1 Å². The van der Waals surface area contributed by atoms with Crippen molar-refractivity contribution < 1.29 is 5.11 Å². The van der Waals surface area contributed by atoms with Crippen LogP contribution in [-0.2, 0) is 0 Å². The smallest absolute Gasteiger partial charge is 0.180 e. The van der Waals surface area contributed by atoms with E-state index in [1.54, 1.807) is 28.9 Å². The van der Waals surface area contributed by atoms with Gasteiger partial charge in [-0.25, -0.2) is 4.98 Å². The summed E-state index contributed by atoms with van der Waals surface area (Å²) in [5, 5.41) is 9.28. The van der Waals surface area contributed by atoms with E-state index in [0.29, 0.717) is 5.65 Å². The van der Waals surface area contributed by atoms with Gasteiger partial charge in [0, 0.05) is 12.4 Å². The number of halogens is 1. The first-order valence-corrected chi connectivity index (χ1v) is 3.89. The topological polar surface area (TPSA) is 37.5 Å². The third-order valence-corrected chi connectivity index (χ3v) is 2.13. The summed E-state index contributed by atoms with van der Waals surface area (Å²) in [6.45, 7) is 0. The van der Waals surface area contributed by atoms with E-state index in [0.717, 1.165) is 4.60 Å². The van der Waals surface area contributed by atoms with Gasteiger partial charge in [0.25, 0.3) is 0 Å². The van der Waals surface area contributed by atoms with E-state index in [1.165, 1.54) is 0 Å². The highest BCUT2D eigenvalue weighted by molar-refractivity contribution is 9.10. The number of hydrogen-bond donors (Lipinski definition) is 1. The average Bonchev–Trinajstić information content (AvgIpc) is 2.45. The molecule has 0 aromatic carbocycles. The minimum Gasteiger partial charge on any atom is -0.504 e. The summed E-state index contributed by atoms with van der Waals surface area (Å²) in [7, 11) is 0. The van der Waals surface area contributed by atoms with Crippen molar-refractivity contribution in [3.63, 3.8) is 0 Å². The van der Waals surface area contributed by atoms with Gasteiger partial charge < -0.3 is 5.11 Å². The largest absolute Gasteiger partial charge is 0.504 e. The SMILES string of the molecule is Oc1ccc(Br)n2ccnc12. The molecule has 0 saturated heterocycles. The Hall–Kier alpha value is -1.03. The number of fused-ring (bicyclic) bond motifs is 1. The molecule has 0 radical (unpaired) electrons. The Morgan fingerprint density at radius 1 is 1.45 bits per heavy atom. The molecule has 2 heterocycles. The molecule has 11 heavy (non-hydrogen) atoms. The first-order valence-electron chi connectivity index (χ1n) is 3.09. The normalized spacial score (nSPS) is 10.6. The molecule has 3 nitrogen and oxygen atoms in total. The molecule has 4 heteroatoms. The van der Waals surface area contributed by atoms with Crippen molar-refractivity contribution in [1.29, 1.82) is 0 Å². The third-order valence-electron chi connectivity index (χ3n) is 1.48. The van der Waals surface area contributed by atoms with Gasteiger partial charge in [-0.05, 0) is 28.1 Å². The van der Waals surface area contributed by atoms with Crippen LogP contribution in [0.15, 0.2) is 29.1 Å². The predicted octanol–water partition coefficient (Wildman–Crippen LogP) is 1.80. The van der Waals surface area contributed by atoms with Crippen LogP contribution in [0, 0.1) is 0 Å². The molecule has 0 aliphatic rings. The predicted molar refractivity (Wildman–Crippen MR) is 44.6 cm³/mol. The van der Waals surface area contributed by atoms with Crippen LogP contribution in [-0.4, -0.2) is 14.5 Å². The Bertz CT molecular complexity index is 360. The van der Waals surface area contributed by atoms with Gasteiger partial charge in [0.2, 0.25) is 0 Å². The first kappa shape index (κ1) is 6.67. The van der Waals surface area contributed by atoms with Gasteiger partial charge in [-0.2, -0.15) is 0 Å². The van der Waals surface area contributed by atoms with Gasteiger partial charge in [-0.15, -0.1) is 0 Å². The number of aromatic nitrogens is 2. The van der Waals surface area contributed by atoms with Crippen molar-refractivity contribution >= 4 is 21.6 Å². The average molecular weight is 213 g/mol. The fourth-order valence-corrected chi connectivity index (χ4v) is 1.39. The van der Waals surface area contributed by atoms with Crippen LogP contribution >= 0.6 is 15.9 Å². The van der Waals surface area contributed by atoms with Gasteiger partial charge >= 0.3 is 0 Å². The minimum absolute atomic E-state index is 0.193. The number of pyridine rings is 1. The summed E-state index contributed by atoms with van der Waals surface area (Å²) in [6, 6.07) is 3.37. The Kier molecular flexibility index (Phi) is 1.35. The Labute approximate surface area is 71.4 Å². The van der Waals surface area contributed by atoms with Gasteiger partial charge in [0.15, 0.2) is 11.4 Å². The molecule has 0 spiro atoms. The van der Waals surface area contributed by atoms with Gasteiger partial charge in [-0.3, -0.25) is 4.40 Å². The number of nitrogens with zero attached hydrogens (tertiary/aromatic N) is 2. The molecule has 0 amide bonds. The monoisotopic (exact) mass is 212 g/mol. The van der Waals surface area contributed by atoms with Crippen molar-refractivity contribution in [2.75, 3.05) is 0 Å². The highest BCUT2D eigenvalue weighted by Gasteiger charge is 2.01. The van der Waals surface area contributed by atoms with E-state index in [9.17, 15) is 5.11 Å². The Balaban J connectivity index is 2.96. The molecule has 0 unspecified atom stereocenters. The molecule has 56 valence electrons. The van der Waals surface area contributed by atoms with Crippen LogP contribution in [0.1, 0.15) is 0 Å². The van der Waals surface area contributed by atoms with E-state index >= 15 is 0 Å². The van der Waals surface area contributed by atoms with Crippen LogP contribution in [0.25, 0.3) is 5.65 Å². The van der Waals surface area contributed by atoms with Crippen LogP contribution < -0.4 is 0 Å². The first-order chi connectivity index (χ1) is 5.29. The van der Waals surface area contributed by atoms with E-state index < -0.39 is 0 Å². The van der Waals surface area contributed by atoms with Crippen molar-refractivity contribution in [3.8, 4) is 5.75 Å². The lowest BCUT2D eigenvalue weighted by atomic mass is 10.4. The molecule has 0 bridgehead atoms. The summed E-state index contributed by atoms with van der Waals surface area (Å²) >= 11 is 3.32. The lowest BCUT2D eigenvalue weighted by molar-refractivity contribution is 0.477. The zero-order valence-electron chi connectivity index (χ0n) is 5.53. The quantitative estimate of drug-likeness (QED) is 0.677. The molecule has 2 rings (SSSR count). The highest BCUT2D eigenvalue weighted by atomic mass is 79.9. The highest BCUT2D eigenvalue weighted by Crippen LogP contribution is 2.20. The number of imidazole rings is 1. The second kappa shape index (κ2) is 2.23. The maximum atomic E-state index is 9.28. The summed E-state index contributed by atoms with van der Waals surface area (Å²) in [5.74, 6) is 0.193. The van der Waals surface area contributed by atoms with Crippen molar-refractivity contribution in [2.24, 2.45) is 0 Å². The molecule has 0 aliphatic carbocycles. The lowest BCUT2D eigenvalue weighted by Gasteiger charge is -1.97. The van der Waals surface area contributed by atoms with Crippen molar-refractivity contribution in [2.45, 2.75) is 0 Å². The molecule has 2 aromatic rings. The van der Waals surface area contributed by atoms with Crippen LogP contribution in [0.2, 0.25) is 0 Å². The van der Waals surface area contributed by atoms with E-state index in [4.69, 9.17) is 0 Å². The van der Waals surface area contributed by atoms with E-state index in [2.05, 4.69) is 20.9 Å². The maximum Gasteiger partial charge on any atom is 0.180 e. The Morgan fingerprint density at radius 3 is 3.00 bits per heavy atom. The lowest BCUT2D eigenvalue weighted by Crippen LogP contribution is -1.84. The molecule has 1 N–H and O–H groups in total. The van der Waals surface area contributed by atoms with Gasteiger partial charge in [0.05, 0.1) is 4.60 Å². The van der Waals surface area contributed by atoms with Crippen LogP contribution in [0.3, 0.4) is 0 Å². The fourth-order valence-electron chi connectivity index (χ4n) is 0.968. The molecular formula is C7H5BrN2O. The second-order valence-corrected chi connectivity index (χ2v) is 2.97. The fraction of sp³-hybridized carbons (Fsp3) is 0. The maximum absolute atomic E-state index is 9.28. The van der Waals surface area contributed by atoms with Gasteiger partial charge in [-0.1, -0.05) is 0 Å². The summed E-state index contributed by atoms with van der Waals surface area (Å²) in [5.41, 5.74) is 0.569. The molecular weight excluding hydrogens is 208 g/mol. The van der Waals surface area contributed by atoms with Crippen LogP contribution in [0.5, 0.6) is 5.75 Å². The molecule has 2 aromatic heterocycles. The summed E-state index contributed by atoms with van der Waals surface area (Å²) in [6.07, 6.45) is 3.42. The second-order valence-electron chi connectivity index (χ2n) is 2.16. The summed E-state index contributed by atoms with van der Waals surface area (Å²) in [4.78, 5) is 3.96. The van der Waals surface area contributed by atoms with E-state index in [-0.39, 0.29) is 5.75 Å². The van der Waals surface area contributed by atoms with Gasteiger partial charge in [0.1, 0.15) is 0 Å². The summed E-state index contributed by atoms with van der Waals surface area (Å²) < 4.78 is 2.64. The van der Waals surface area contributed by atoms with Crippen molar-refractivity contribution in [1.82, 2.24) is 9.38 Å². The zero-order valence-corrected chi connectivity index (χ0v) is 7.12. The van der Waals surface area contributed by atoms with E-state index in [1.807, 2.05) is 0 Å². The zero-order chi connectivity index (χ0) is 7.84. The third kappa shape index (κ3) is 0.903. The number of hydrogen-bond acceptors (Lipinski definition) is 2. The number of aromatic hydroxyl groups is 1. The Morgan fingerprint density at radius 2 is 2.27 bits per heavy atom. The standard InChI is InChI=1S/C7H5BrN2O/c8-6-2-1-5(11)7-9-3-4-10(6)7/h1-4,11H.